The van der Waals surface area contributed by atoms with Crippen molar-refractivity contribution < 1.29 is 4.79 Å². The van der Waals surface area contributed by atoms with Crippen LogP contribution in [0.15, 0.2) is 30.5 Å². The van der Waals surface area contributed by atoms with Crippen molar-refractivity contribution in [3.63, 3.8) is 0 Å². The van der Waals surface area contributed by atoms with Crippen LogP contribution < -0.4 is 5.32 Å². The summed E-state index contributed by atoms with van der Waals surface area (Å²) >= 11 is 6.06. The largest absolute Gasteiger partial charge is 0.329 e. The van der Waals surface area contributed by atoms with E-state index in [0.717, 1.165) is 36.7 Å². The lowest BCUT2D eigenvalue weighted by Gasteiger charge is -2.38. The lowest BCUT2D eigenvalue weighted by atomic mass is 9.95. The zero-order valence-corrected chi connectivity index (χ0v) is 11.5. The Bertz CT molecular complexity index is 541. The molecule has 100 valence electrons. The molecule has 1 atom stereocenters. The summed E-state index contributed by atoms with van der Waals surface area (Å²) < 4.78 is 0. The summed E-state index contributed by atoms with van der Waals surface area (Å²) in [4.78, 5) is 13.7. The maximum atomic E-state index is 11.3. The Morgan fingerprint density at radius 2 is 2.16 bits per heavy atom. The van der Waals surface area contributed by atoms with Crippen LogP contribution in [0.2, 0.25) is 5.02 Å². The number of nitrogens with one attached hydrogen (secondary N) is 1. The van der Waals surface area contributed by atoms with E-state index in [-0.39, 0.29) is 11.9 Å². The highest BCUT2D eigenvalue weighted by atomic mass is 35.5. The Morgan fingerprint density at radius 1 is 1.32 bits per heavy atom. The van der Waals surface area contributed by atoms with Gasteiger partial charge in [-0.25, -0.2) is 0 Å². The average molecular weight is 277 g/mol. The molecule has 0 saturated carbocycles. The minimum absolute atomic E-state index is 0.0849. The van der Waals surface area contributed by atoms with Crippen molar-refractivity contribution in [2.24, 2.45) is 0 Å². The van der Waals surface area contributed by atoms with E-state index in [9.17, 15) is 4.79 Å². The summed E-state index contributed by atoms with van der Waals surface area (Å²) in [6.45, 7) is 5.89. The maximum Gasteiger partial charge on any atom is 0.224 e. The van der Waals surface area contributed by atoms with Gasteiger partial charge >= 0.3 is 0 Å². The molecule has 2 aliphatic rings. The van der Waals surface area contributed by atoms with Crippen LogP contribution in [0.5, 0.6) is 0 Å². The van der Waals surface area contributed by atoms with Gasteiger partial charge in [0.05, 0.1) is 6.04 Å². The molecule has 0 bridgehead atoms. The minimum Gasteiger partial charge on any atom is -0.329 e. The van der Waals surface area contributed by atoms with Crippen LogP contribution in [0.1, 0.15) is 24.0 Å². The number of carbonyl (C=O) groups is 1. The van der Waals surface area contributed by atoms with Crippen LogP contribution in [0.25, 0.3) is 0 Å². The van der Waals surface area contributed by atoms with Crippen molar-refractivity contribution in [2.75, 3.05) is 6.54 Å². The number of benzene rings is 1. The van der Waals surface area contributed by atoms with E-state index in [1.165, 1.54) is 11.1 Å². The second-order valence-corrected chi connectivity index (χ2v) is 5.70. The molecule has 1 saturated heterocycles. The van der Waals surface area contributed by atoms with Gasteiger partial charge in [0.25, 0.3) is 0 Å². The van der Waals surface area contributed by atoms with E-state index in [2.05, 4.69) is 22.9 Å². The molecule has 0 spiro atoms. The number of rotatable bonds is 1. The lowest BCUT2D eigenvalue weighted by Crippen LogP contribution is -2.47. The van der Waals surface area contributed by atoms with E-state index in [1.54, 1.807) is 0 Å². The first-order valence-electron chi connectivity index (χ1n) is 6.63. The Labute approximate surface area is 118 Å². The summed E-state index contributed by atoms with van der Waals surface area (Å²) in [6.07, 6.45) is 2.48. The molecule has 1 aromatic rings. The minimum atomic E-state index is 0.0849. The van der Waals surface area contributed by atoms with Crippen LogP contribution in [0.3, 0.4) is 0 Å². The third-order valence-corrected chi connectivity index (χ3v) is 4.23. The van der Waals surface area contributed by atoms with Gasteiger partial charge in [0, 0.05) is 30.2 Å². The Morgan fingerprint density at radius 3 is 2.95 bits per heavy atom. The summed E-state index contributed by atoms with van der Waals surface area (Å²) in [5, 5.41) is 3.65. The third kappa shape index (κ3) is 2.53. The van der Waals surface area contributed by atoms with Gasteiger partial charge in [0.15, 0.2) is 0 Å². The lowest BCUT2D eigenvalue weighted by molar-refractivity contribution is -0.122. The molecule has 0 radical (unpaired) electrons. The van der Waals surface area contributed by atoms with Crippen LogP contribution >= 0.6 is 11.6 Å². The van der Waals surface area contributed by atoms with Gasteiger partial charge in [-0.2, -0.15) is 0 Å². The van der Waals surface area contributed by atoms with E-state index in [0.29, 0.717) is 6.42 Å². The molecule has 4 heteroatoms. The molecular weight excluding hydrogens is 260 g/mol. The SMILES string of the molecule is C=C1NC(=O)CCC1N1CCc2ccc(Cl)cc2C1. The van der Waals surface area contributed by atoms with Gasteiger partial charge in [-0.1, -0.05) is 24.2 Å². The van der Waals surface area contributed by atoms with Crippen LogP contribution in [-0.4, -0.2) is 23.4 Å². The number of fused-ring (bicyclic) bond motifs is 1. The molecule has 3 rings (SSSR count). The molecule has 0 aliphatic carbocycles. The molecule has 1 amide bonds. The van der Waals surface area contributed by atoms with Crippen molar-refractivity contribution in [3.05, 3.63) is 46.6 Å². The van der Waals surface area contributed by atoms with Crippen molar-refractivity contribution in [1.82, 2.24) is 10.2 Å². The predicted octanol–water partition coefficient (Wildman–Crippen LogP) is 2.49. The first kappa shape index (κ1) is 12.7. The normalized spacial score (nSPS) is 23.9. The van der Waals surface area contributed by atoms with Crippen LogP contribution in [0.4, 0.5) is 0 Å². The van der Waals surface area contributed by atoms with Gasteiger partial charge in [-0.15, -0.1) is 0 Å². The molecule has 1 N–H and O–H groups in total. The quantitative estimate of drug-likeness (QED) is 0.855. The fraction of sp³-hybridized carbons (Fsp3) is 0.400. The molecular formula is C15H17ClN2O. The van der Waals surface area contributed by atoms with Crippen LogP contribution in [0, 0.1) is 0 Å². The highest BCUT2D eigenvalue weighted by molar-refractivity contribution is 6.30. The van der Waals surface area contributed by atoms with E-state index in [1.807, 2.05) is 12.1 Å². The van der Waals surface area contributed by atoms with E-state index in [4.69, 9.17) is 11.6 Å². The number of piperidine rings is 1. The van der Waals surface area contributed by atoms with Gasteiger partial charge in [-0.05, 0) is 36.1 Å². The Kier molecular flexibility index (Phi) is 3.33. The van der Waals surface area contributed by atoms with Crippen molar-refractivity contribution in [2.45, 2.75) is 31.8 Å². The van der Waals surface area contributed by atoms with E-state index < -0.39 is 0 Å². The molecule has 2 heterocycles. The number of hydrogen-bond acceptors (Lipinski definition) is 2. The number of hydrogen-bond donors (Lipinski definition) is 1. The third-order valence-electron chi connectivity index (χ3n) is 4.00. The maximum absolute atomic E-state index is 11.3. The topological polar surface area (TPSA) is 32.3 Å². The van der Waals surface area contributed by atoms with Crippen LogP contribution in [-0.2, 0) is 17.8 Å². The first-order valence-corrected chi connectivity index (χ1v) is 7.01. The molecule has 1 fully saturated rings. The highest BCUT2D eigenvalue weighted by Crippen LogP contribution is 2.27. The summed E-state index contributed by atoms with van der Waals surface area (Å²) in [7, 11) is 0. The zero-order valence-electron chi connectivity index (χ0n) is 10.8. The molecule has 1 unspecified atom stereocenters. The monoisotopic (exact) mass is 276 g/mol. The van der Waals surface area contributed by atoms with Gasteiger partial charge in [0.1, 0.15) is 0 Å². The van der Waals surface area contributed by atoms with Crippen molar-refractivity contribution in [3.8, 4) is 0 Å². The summed E-state index contributed by atoms with van der Waals surface area (Å²) in [6, 6.07) is 6.38. The summed E-state index contributed by atoms with van der Waals surface area (Å²) in [5.41, 5.74) is 3.51. The number of carbonyl (C=O) groups excluding carboxylic acids is 1. The van der Waals surface area contributed by atoms with Gasteiger partial charge in [0.2, 0.25) is 5.91 Å². The number of halogens is 1. The molecule has 2 aliphatic heterocycles. The summed E-state index contributed by atoms with van der Waals surface area (Å²) in [5.74, 6) is 0.0849. The number of nitrogens with zero attached hydrogens (tertiary/aromatic N) is 1. The van der Waals surface area contributed by atoms with Crippen molar-refractivity contribution in [1.29, 1.82) is 0 Å². The Balaban J connectivity index is 1.78. The fourth-order valence-corrected chi connectivity index (χ4v) is 3.18. The standard InChI is InChI=1S/C15H17ClN2O/c1-10-14(4-5-15(19)17-10)18-7-6-11-2-3-13(16)8-12(11)9-18/h2-3,8,14H,1,4-7,9H2,(H,17,19). The van der Waals surface area contributed by atoms with Gasteiger partial charge in [-0.3, -0.25) is 9.69 Å². The second-order valence-electron chi connectivity index (χ2n) is 5.26. The predicted molar refractivity (Wildman–Crippen MR) is 75.9 cm³/mol. The van der Waals surface area contributed by atoms with E-state index >= 15 is 0 Å². The number of amides is 1. The highest BCUT2D eigenvalue weighted by Gasteiger charge is 2.29. The average Bonchev–Trinajstić information content (AvgIpc) is 2.38. The molecule has 0 aromatic heterocycles. The second kappa shape index (κ2) is 4.99. The first-order chi connectivity index (χ1) is 9.13. The van der Waals surface area contributed by atoms with Crippen molar-refractivity contribution >= 4 is 17.5 Å². The smallest absolute Gasteiger partial charge is 0.224 e. The Hall–Kier alpha value is -1.32. The molecule has 3 nitrogen and oxygen atoms in total. The molecule has 19 heavy (non-hydrogen) atoms. The fourth-order valence-electron chi connectivity index (χ4n) is 2.98. The zero-order chi connectivity index (χ0) is 13.4. The molecule has 1 aromatic carbocycles. The van der Waals surface area contributed by atoms with Gasteiger partial charge < -0.3 is 5.32 Å².